The second-order valence-corrected chi connectivity index (χ2v) is 5.69. The number of hydrogen-bond acceptors (Lipinski definition) is 2. The molecule has 1 heterocycles. The van der Waals surface area contributed by atoms with Crippen molar-refractivity contribution < 1.29 is 9.21 Å². The van der Waals surface area contributed by atoms with Crippen LogP contribution in [0.4, 0.5) is 5.69 Å². The van der Waals surface area contributed by atoms with Gasteiger partial charge in [0.1, 0.15) is 5.76 Å². The molecule has 0 bridgehead atoms. The number of amides is 1. The van der Waals surface area contributed by atoms with Crippen LogP contribution in [-0.4, -0.2) is 5.91 Å². The Morgan fingerprint density at radius 3 is 2.16 bits per heavy atom. The third kappa shape index (κ3) is 3.25. The summed E-state index contributed by atoms with van der Waals surface area (Å²) in [5.41, 5.74) is 2.12. The van der Waals surface area contributed by atoms with E-state index < -0.39 is 0 Å². The Kier molecular flexibility index (Phi) is 3.47. The first-order chi connectivity index (χ1) is 8.86. The van der Waals surface area contributed by atoms with Gasteiger partial charge in [0.05, 0.1) is 0 Å². The maximum absolute atomic E-state index is 11.9. The van der Waals surface area contributed by atoms with Gasteiger partial charge >= 0.3 is 0 Å². The number of rotatable bonds is 2. The van der Waals surface area contributed by atoms with Gasteiger partial charge in [0, 0.05) is 5.69 Å². The number of carbonyl (C=O) groups is 1. The molecule has 1 aromatic heterocycles. The molecule has 2 aromatic rings. The Balaban J connectivity index is 2.10. The summed E-state index contributed by atoms with van der Waals surface area (Å²) in [4.78, 5) is 11.9. The van der Waals surface area contributed by atoms with Crippen molar-refractivity contribution in [3.63, 3.8) is 0 Å². The van der Waals surface area contributed by atoms with Gasteiger partial charge in [0.2, 0.25) is 0 Å². The Labute approximate surface area is 113 Å². The molecule has 100 valence electrons. The van der Waals surface area contributed by atoms with E-state index in [2.05, 4.69) is 26.1 Å². The van der Waals surface area contributed by atoms with E-state index >= 15 is 0 Å². The Bertz CT molecular complexity index is 574. The summed E-state index contributed by atoms with van der Waals surface area (Å²) in [7, 11) is 0. The predicted octanol–water partition coefficient (Wildman–Crippen LogP) is 4.14. The molecule has 3 heteroatoms. The standard InChI is InChI=1S/C16H19NO2/c1-11-5-10-14(19-11)15(18)17-13-8-6-12(7-9-13)16(2,3)4/h5-10H,1-4H3,(H,17,18). The summed E-state index contributed by atoms with van der Waals surface area (Å²) in [6.07, 6.45) is 0. The van der Waals surface area contributed by atoms with Gasteiger partial charge in [0.15, 0.2) is 5.76 Å². The maximum Gasteiger partial charge on any atom is 0.291 e. The molecule has 1 aromatic carbocycles. The summed E-state index contributed by atoms with van der Waals surface area (Å²) in [6, 6.07) is 11.3. The van der Waals surface area contributed by atoms with E-state index in [0.717, 1.165) is 11.4 Å². The van der Waals surface area contributed by atoms with Crippen LogP contribution in [0.15, 0.2) is 40.8 Å². The minimum absolute atomic E-state index is 0.112. The van der Waals surface area contributed by atoms with Crippen molar-refractivity contribution in [2.75, 3.05) is 5.32 Å². The molecule has 19 heavy (non-hydrogen) atoms. The molecule has 1 N–H and O–H groups in total. The smallest absolute Gasteiger partial charge is 0.291 e. The van der Waals surface area contributed by atoms with Gasteiger partial charge in [-0.2, -0.15) is 0 Å². The fourth-order valence-electron chi connectivity index (χ4n) is 1.80. The summed E-state index contributed by atoms with van der Waals surface area (Å²) in [5.74, 6) is 0.835. The predicted molar refractivity (Wildman–Crippen MR) is 76.5 cm³/mol. The molecule has 0 radical (unpaired) electrons. The van der Waals surface area contributed by atoms with Crippen molar-refractivity contribution in [1.29, 1.82) is 0 Å². The average Bonchev–Trinajstić information content (AvgIpc) is 2.75. The van der Waals surface area contributed by atoms with Crippen LogP contribution < -0.4 is 5.32 Å². The monoisotopic (exact) mass is 257 g/mol. The largest absolute Gasteiger partial charge is 0.456 e. The quantitative estimate of drug-likeness (QED) is 0.878. The fraction of sp³-hybridized carbons (Fsp3) is 0.312. The highest BCUT2D eigenvalue weighted by Crippen LogP contribution is 2.23. The summed E-state index contributed by atoms with van der Waals surface area (Å²) in [6.45, 7) is 8.29. The number of furan rings is 1. The topological polar surface area (TPSA) is 42.2 Å². The third-order valence-electron chi connectivity index (χ3n) is 2.97. The van der Waals surface area contributed by atoms with E-state index in [0.29, 0.717) is 5.76 Å². The molecule has 1 amide bonds. The normalized spacial score (nSPS) is 11.4. The Hall–Kier alpha value is -2.03. The first-order valence-electron chi connectivity index (χ1n) is 6.34. The van der Waals surface area contributed by atoms with Crippen LogP contribution in [-0.2, 0) is 5.41 Å². The summed E-state index contributed by atoms with van der Waals surface area (Å²) >= 11 is 0. The Morgan fingerprint density at radius 2 is 1.68 bits per heavy atom. The SMILES string of the molecule is Cc1ccc(C(=O)Nc2ccc(C(C)(C)C)cc2)o1. The molecule has 0 atom stereocenters. The third-order valence-corrected chi connectivity index (χ3v) is 2.97. The number of hydrogen-bond donors (Lipinski definition) is 1. The molecule has 3 nitrogen and oxygen atoms in total. The number of benzene rings is 1. The number of nitrogens with one attached hydrogen (secondary N) is 1. The maximum atomic E-state index is 11.9. The molecule has 0 saturated heterocycles. The number of anilines is 1. The molecular weight excluding hydrogens is 238 g/mol. The van der Waals surface area contributed by atoms with Crippen molar-refractivity contribution in [2.24, 2.45) is 0 Å². The highest BCUT2D eigenvalue weighted by molar-refractivity contribution is 6.02. The van der Waals surface area contributed by atoms with Gasteiger partial charge < -0.3 is 9.73 Å². The lowest BCUT2D eigenvalue weighted by molar-refractivity contribution is 0.0995. The van der Waals surface area contributed by atoms with E-state index in [-0.39, 0.29) is 11.3 Å². The lowest BCUT2D eigenvalue weighted by Gasteiger charge is -2.19. The second-order valence-electron chi connectivity index (χ2n) is 5.69. The molecule has 0 fully saturated rings. The molecular formula is C16H19NO2. The van der Waals surface area contributed by atoms with Crippen molar-refractivity contribution in [1.82, 2.24) is 0 Å². The van der Waals surface area contributed by atoms with Crippen LogP contribution in [0.25, 0.3) is 0 Å². The Morgan fingerprint density at radius 1 is 1.05 bits per heavy atom. The first kappa shape index (κ1) is 13.4. The number of aryl methyl sites for hydroxylation is 1. The van der Waals surface area contributed by atoms with Gasteiger partial charge in [-0.3, -0.25) is 4.79 Å². The minimum Gasteiger partial charge on any atom is -0.456 e. The highest BCUT2D eigenvalue weighted by atomic mass is 16.3. The van der Waals surface area contributed by atoms with Gasteiger partial charge in [-0.15, -0.1) is 0 Å². The van der Waals surface area contributed by atoms with Crippen LogP contribution in [0.3, 0.4) is 0 Å². The van der Waals surface area contributed by atoms with Gasteiger partial charge in [-0.1, -0.05) is 32.9 Å². The second kappa shape index (κ2) is 4.92. The van der Waals surface area contributed by atoms with E-state index in [4.69, 9.17) is 4.42 Å². The minimum atomic E-state index is -0.225. The number of carbonyl (C=O) groups excluding carboxylic acids is 1. The molecule has 0 spiro atoms. The zero-order chi connectivity index (χ0) is 14.0. The van der Waals surface area contributed by atoms with Gasteiger partial charge in [-0.25, -0.2) is 0 Å². The molecule has 0 saturated carbocycles. The van der Waals surface area contributed by atoms with Crippen LogP contribution in [0.1, 0.15) is 42.6 Å². The van der Waals surface area contributed by atoms with Crippen molar-refractivity contribution in [2.45, 2.75) is 33.1 Å². The van der Waals surface area contributed by atoms with E-state index in [9.17, 15) is 4.79 Å². The van der Waals surface area contributed by atoms with Crippen LogP contribution in [0, 0.1) is 6.92 Å². The van der Waals surface area contributed by atoms with E-state index in [1.165, 1.54) is 5.56 Å². The zero-order valence-electron chi connectivity index (χ0n) is 11.8. The van der Waals surface area contributed by atoms with E-state index in [1.54, 1.807) is 12.1 Å². The molecule has 0 aliphatic carbocycles. The lowest BCUT2D eigenvalue weighted by Crippen LogP contribution is -2.13. The van der Waals surface area contributed by atoms with Crippen LogP contribution in [0.5, 0.6) is 0 Å². The lowest BCUT2D eigenvalue weighted by atomic mass is 9.87. The first-order valence-corrected chi connectivity index (χ1v) is 6.34. The van der Waals surface area contributed by atoms with Crippen molar-refractivity contribution in [3.05, 3.63) is 53.5 Å². The zero-order valence-corrected chi connectivity index (χ0v) is 11.8. The van der Waals surface area contributed by atoms with Crippen molar-refractivity contribution >= 4 is 11.6 Å². The highest BCUT2D eigenvalue weighted by Gasteiger charge is 2.14. The molecule has 0 unspecified atom stereocenters. The average molecular weight is 257 g/mol. The van der Waals surface area contributed by atoms with Crippen molar-refractivity contribution in [3.8, 4) is 0 Å². The van der Waals surface area contributed by atoms with Gasteiger partial charge in [-0.05, 0) is 42.2 Å². The molecule has 0 aliphatic rings. The summed E-state index contributed by atoms with van der Waals surface area (Å²) < 4.78 is 5.28. The van der Waals surface area contributed by atoms with E-state index in [1.807, 2.05) is 31.2 Å². The fourth-order valence-corrected chi connectivity index (χ4v) is 1.80. The molecule has 2 rings (SSSR count). The van der Waals surface area contributed by atoms with Crippen LogP contribution in [0.2, 0.25) is 0 Å². The van der Waals surface area contributed by atoms with Crippen LogP contribution >= 0.6 is 0 Å². The van der Waals surface area contributed by atoms with Gasteiger partial charge in [0.25, 0.3) is 5.91 Å². The molecule has 0 aliphatic heterocycles. The summed E-state index contributed by atoms with van der Waals surface area (Å²) in [5, 5.41) is 2.82.